The Morgan fingerprint density at radius 2 is 1.79 bits per heavy atom. The average molecular weight is 273 g/mol. The number of rotatable bonds is 4. The molecule has 0 aromatic heterocycles. The monoisotopic (exact) mass is 273 g/mol. The number of nitrogens with one attached hydrogen (secondary N) is 2. The van der Waals surface area contributed by atoms with Crippen molar-refractivity contribution in [2.24, 2.45) is 4.99 Å². The molecule has 0 saturated carbocycles. The van der Waals surface area contributed by atoms with Crippen LogP contribution in [-0.4, -0.2) is 26.1 Å². The second kappa shape index (κ2) is 7.01. The van der Waals surface area contributed by atoms with Gasteiger partial charge >= 0.3 is 6.18 Å². The molecule has 3 nitrogen and oxygen atoms in total. The third-order valence-electron chi connectivity index (χ3n) is 2.56. The Morgan fingerprint density at radius 1 is 1.16 bits per heavy atom. The normalized spacial score (nSPS) is 12.4. The van der Waals surface area contributed by atoms with Crippen LogP contribution in [0.4, 0.5) is 13.2 Å². The largest absolute Gasteiger partial charge is 0.416 e. The summed E-state index contributed by atoms with van der Waals surface area (Å²) in [4.78, 5) is 4.00. The van der Waals surface area contributed by atoms with Crippen molar-refractivity contribution < 1.29 is 13.2 Å². The number of aliphatic imine (C=N–C) groups is 1. The summed E-state index contributed by atoms with van der Waals surface area (Å²) in [7, 11) is 1.67. The van der Waals surface area contributed by atoms with Crippen LogP contribution >= 0.6 is 0 Å². The van der Waals surface area contributed by atoms with E-state index in [1.807, 2.05) is 6.92 Å². The molecule has 0 aliphatic carbocycles. The number of halogens is 3. The summed E-state index contributed by atoms with van der Waals surface area (Å²) in [5.41, 5.74) is 0.236. The highest BCUT2D eigenvalue weighted by molar-refractivity contribution is 5.79. The first-order valence-corrected chi connectivity index (χ1v) is 6.08. The van der Waals surface area contributed by atoms with Gasteiger partial charge in [0.25, 0.3) is 0 Å². The Labute approximate surface area is 110 Å². The van der Waals surface area contributed by atoms with Gasteiger partial charge in [0, 0.05) is 20.1 Å². The summed E-state index contributed by atoms with van der Waals surface area (Å²) in [5.74, 6) is 0.689. The van der Waals surface area contributed by atoms with Crippen LogP contribution in [0.3, 0.4) is 0 Å². The molecule has 0 amide bonds. The predicted octanol–water partition coefficient (Wildman–Crippen LogP) is 2.43. The summed E-state index contributed by atoms with van der Waals surface area (Å²) >= 11 is 0. The second-order valence-corrected chi connectivity index (χ2v) is 3.97. The van der Waals surface area contributed by atoms with Crippen LogP contribution in [0.15, 0.2) is 29.3 Å². The molecule has 2 N–H and O–H groups in total. The highest BCUT2D eigenvalue weighted by Crippen LogP contribution is 2.29. The summed E-state index contributed by atoms with van der Waals surface area (Å²) in [6.07, 6.45) is -3.63. The molecule has 0 spiro atoms. The molecule has 6 heteroatoms. The fourth-order valence-corrected chi connectivity index (χ4v) is 1.57. The van der Waals surface area contributed by atoms with Crippen molar-refractivity contribution in [3.8, 4) is 0 Å². The molecular weight excluding hydrogens is 255 g/mol. The van der Waals surface area contributed by atoms with Gasteiger partial charge in [-0.15, -0.1) is 0 Å². The van der Waals surface area contributed by atoms with E-state index in [4.69, 9.17) is 0 Å². The summed E-state index contributed by atoms with van der Waals surface area (Å²) in [6.45, 7) is 3.34. The van der Waals surface area contributed by atoms with Gasteiger partial charge in [-0.1, -0.05) is 12.1 Å². The zero-order valence-electron chi connectivity index (χ0n) is 11.0. The van der Waals surface area contributed by atoms with Crippen LogP contribution < -0.4 is 10.6 Å². The molecule has 0 fully saturated rings. The zero-order chi connectivity index (χ0) is 14.3. The van der Waals surface area contributed by atoms with E-state index < -0.39 is 11.7 Å². The number of alkyl halides is 3. The summed E-state index contributed by atoms with van der Waals surface area (Å²) < 4.78 is 37.1. The minimum Gasteiger partial charge on any atom is -0.357 e. The number of nitrogens with zero attached hydrogens (tertiary/aromatic N) is 1. The third-order valence-corrected chi connectivity index (χ3v) is 2.56. The molecule has 0 radical (unpaired) electrons. The smallest absolute Gasteiger partial charge is 0.357 e. The average Bonchev–Trinajstić information content (AvgIpc) is 2.37. The maximum atomic E-state index is 12.4. The molecule has 1 aromatic rings. The molecule has 0 atom stereocenters. The van der Waals surface area contributed by atoms with Crippen LogP contribution in [0.1, 0.15) is 18.1 Å². The van der Waals surface area contributed by atoms with Gasteiger partial charge in [-0.05, 0) is 31.0 Å². The van der Waals surface area contributed by atoms with Crippen LogP contribution in [0.25, 0.3) is 0 Å². The molecule has 0 saturated heterocycles. The minimum atomic E-state index is -4.27. The molecule has 0 bridgehead atoms. The standard InChI is InChI=1S/C13H18F3N3/c1-3-18-12(17-2)19-9-8-10-4-6-11(7-5-10)13(14,15)16/h4-7H,3,8-9H2,1-2H3,(H2,17,18,19). The lowest BCUT2D eigenvalue weighted by Crippen LogP contribution is -2.38. The predicted molar refractivity (Wildman–Crippen MR) is 70.2 cm³/mol. The van der Waals surface area contributed by atoms with Crippen molar-refractivity contribution in [3.63, 3.8) is 0 Å². The molecule has 1 aromatic carbocycles. The Morgan fingerprint density at radius 3 is 2.26 bits per heavy atom. The quantitative estimate of drug-likeness (QED) is 0.653. The Kier molecular flexibility index (Phi) is 5.66. The fourth-order valence-electron chi connectivity index (χ4n) is 1.57. The molecular formula is C13H18F3N3. The summed E-state index contributed by atoms with van der Waals surface area (Å²) in [6, 6.07) is 5.21. The topological polar surface area (TPSA) is 36.4 Å². The molecule has 0 aliphatic heterocycles. The van der Waals surface area contributed by atoms with Gasteiger partial charge in [-0.3, -0.25) is 4.99 Å². The van der Waals surface area contributed by atoms with E-state index in [0.29, 0.717) is 18.9 Å². The number of guanidine groups is 1. The highest BCUT2D eigenvalue weighted by Gasteiger charge is 2.29. The zero-order valence-corrected chi connectivity index (χ0v) is 11.0. The lowest BCUT2D eigenvalue weighted by molar-refractivity contribution is -0.137. The number of hydrogen-bond donors (Lipinski definition) is 2. The van der Waals surface area contributed by atoms with Crippen LogP contribution in [-0.2, 0) is 12.6 Å². The van der Waals surface area contributed by atoms with Gasteiger partial charge in [-0.2, -0.15) is 13.2 Å². The summed E-state index contributed by atoms with van der Waals surface area (Å²) in [5, 5.41) is 6.12. The van der Waals surface area contributed by atoms with Crippen LogP contribution in [0.5, 0.6) is 0 Å². The van der Waals surface area contributed by atoms with E-state index in [1.165, 1.54) is 12.1 Å². The lowest BCUT2D eigenvalue weighted by atomic mass is 10.1. The molecule has 1 rings (SSSR count). The van der Waals surface area contributed by atoms with Gasteiger partial charge in [0.15, 0.2) is 5.96 Å². The lowest BCUT2D eigenvalue weighted by Gasteiger charge is -2.11. The van der Waals surface area contributed by atoms with Gasteiger partial charge in [0.05, 0.1) is 5.56 Å². The third kappa shape index (κ3) is 5.19. The van der Waals surface area contributed by atoms with Crippen LogP contribution in [0, 0.1) is 0 Å². The van der Waals surface area contributed by atoms with Crippen molar-refractivity contribution in [3.05, 3.63) is 35.4 Å². The van der Waals surface area contributed by atoms with Crippen molar-refractivity contribution in [2.75, 3.05) is 20.1 Å². The van der Waals surface area contributed by atoms with E-state index in [9.17, 15) is 13.2 Å². The Bertz CT molecular complexity index is 410. The van der Waals surface area contributed by atoms with Gasteiger partial charge in [0.1, 0.15) is 0 Å². The van der Waals surface area contributed by atoms with Crippen molar-refractivity contribution in [1.82, 2.24) is 10.6 Å². The second-order valence-electron chi connectivity index (χ2n) is 3.97. The first kappa shape index (κ1) is 15.3. The van der Waals surface area contributed by atoms with Crippen molar-refractivity contribution >= 4 is 5.96 Å². The van der Waals surface area contributed by atoms with Crippen molar-refractivity contribution in [1.29, 1.82) is 0 Å². The van der Waals surface area contributed by atoms with Gasteiger partial charge in [-0.25, -0.2) is 0 Å². The van der Waals surface area contributed by atoms with Crippen molar-refractivity contribution in [2.45, 2.75) is 19.5 Å². The van der Waals surface area contributed by atoms with E-state index in [2.05, 4.69) is 15.6 Å². The van der Waals surface area contributed by atoms with E-state index in [-0.39, 0.29) is 0 Å². The molecule has 0 unspecified atom stereocenters. The van der Waals surface area contributed by atoms with Crippen LogP contribution in [0.2, 0.25) is 0 Å². The van der Waals surface area contributed by atoms with Gasteiger partial charge < -0.3 is 10.6 Å². The SMILES string of the molecule is CCNC(=NC)NCCc1ccc(C(F)(F)F)cc1. The van der Waals surface area contributed by atoms with E-state index in [0.717, 1.165) is 24.2 Å². The molecule has 19 heavy (non-hydrogen) atoms. The Balaban J connectivity index is 2.46. The fraction of sp³-hybridized carbons (Fsp3) is 0.462. The molecule has 0 aliphatic rings. The number of benzene rings is 1. The first-order valence-electron chi connectivity index (χ1n) is 6.08. The minimum absolute atomic E-state index is 0.616. The molecule has 106 valence electrons. The molecule has 0 heterocycles. The van der Waals surface area contributed by atoms with E-state index >= 15 is 0 Å². The Hall–Kier alpha value is -1.72. The number of hydrogen-bond acceptors (Lipinski definition) is 1. The maximum absolute atomic E-state index is 12.4. The van der Waals surface area contributed by atoms with Gasteiger partial charge in [0.2, 0.25) is 0 Å². The highest BCUT2D eigenvalue weighted by atomic mass is 19.4. The first-order chi connectivity index (χ1) is 8.97. The van der Waals surface area contributed by atoms with E-state index in [1.54, 1.807) is 7.05 Å². The maximum Gasteiger partial charge on any atom is 0.416 e.